The highest BCUT2D eigenvalue weighted by Crippen LogP contribution is 2.32. The third-order valence-electron chi connectivity index (χ3n) is 1.46. The van der Waals surface area contributed by atoms with E-state index in [9.17, 15) is 15.0 Å². The Balaban J connectivity index is 3.20. The van der Waals surface area contributed by atoms with Crippen LogP contribution in [0.2, 0.25) is 0 Å². The van der Waals surface area contributed by atoms with Crippen LogP contribution in [0.5, 0.6) is 17.2 Å². The monoisotopic (exact) mass is 180 g/mol. The Kier molecular flexibility index (Phi) is 2.54. The minimum atomic E-state index is -0.282. The Hall–Kier alpha value is -1.97. The van der Waals surface area contributed by atoms with Crippen molar-refractivity contribution in [2.75, 3.05) is 0 Å². The van der Waals surface area contributed by atoms with Gasteiger partial charge in [-0.25, -0.2) is 0 Å². The van der Waals surface area contributed by atoms with Crippen LogP contribution in [0.4, 0.5) is 0 Å². The molecule has 0 aliphatic heterocycles. The molecule has 4 heteroatoms. The molecule has 0 saturated heterocycles. The molecule has 0 radical (unpaired) electrons. The van der Waals surface area contributed by atoms with E-state index in [4.69, 9.17) is 5.11 Å². The number of phenolic OH excluding ortho intramolecular Hbond substituents is 3. The minimum absolute atomic E-state index is 0.102. The van der Waals surface area contributed by atoms with E-state index in [1.54, 1.807) is 0 Å². The molecule has 0 aromatic heterocycles. The van der Waals surface area contributed by atoms with E-state index < -0.39 is 0 Å². The normalized spacial score (nSPS) is 10.5. The van der Waals surface area contributed by atoms with Crippen LogP contribution in [0.15, 0.2) is 18.2 Å². The lowest BCUT2D eigenvalue weighted by Crippen LogP contribution is -1.77. The Labute approximate surface area is 74.4 Å². The van der Waals surface area contributed by atoms with E-state index in [2.05, 4.69) is 0 Å². The number of benzene rings is 1. The Morgan fingerprint density at radius 1 is 1.08 bits per heavy atom. The van der Waals surface area contributed by atoms with Gasteiger partial charge >= 0.3 is 0 Å². The number of allylic oxidation sites excluding steroid dienone is 1. The van der Waals surface area contributed by atoms with Crippen LogP contribution in [-0.4, -0.2) is 21.6 Å². The Bertz CT molecular complexity index is 332. The maximum absolute atomic E-state index is 9.97. The molecule has 0 fully saturated rings. The number of hydrogen-bond donors (Lipinski definition) is 3. The molecule has 0 aliphatic rings. The summed E-state index contributed by atoms with van der Waals surface area (Å²) in [7, 11) is 0. The molecule has 13 heavy (non-hydrogen) atoms. The average Bonchev–Trinajstić information content (AvgIpc) is 2.02. The van der Waals surface area contributed by atoms with Crippen LogP contribution in [-0.2, 0) is 4.79 Å². The average molecular weight is 180 g/mol. The van der Waals surface area contributed by atoms with Crippen molar-refractivity contribution in [3.05, 3.63) is 23.8 Å². The van der Waals surface area contributed by atoms with Crippen molar-refractivity contribution in [1.82, 2.24) is 0 Å². The van der Waals surface area contributed by atoms with E-state index in [0.29, 0.717) is 6.29 Å². The van der Waals surface area contributed by atoms with Crippen LogP contribution in [0.25, 0.3) is 6.08 Å². The van der Waals surface area contributed by atoms with Crippen LogP contribution >= 0.6 is 0 Å². The SMILES string of the molecule is O=C/C=C/c1c(O)cc(O)cc1O. The van der Waals surface area contributed by atoms with Crippen LogP contribution in [0.3, 0.4) is 0 Å². The molecule has 0 aliphatic carbocycles. The highest BCUT2D eigenvalue weighted by atomic mass is 16.3. The maximum Gasteiger partial charge on any atom is 0.142 e. The Morgan fingerprint density at radius 3 is 2.08 bits per heavy atom. The largest absolute Gasteiger partial charge is 0.508 e. The van der Waals surface area contributed by atoms with Gasteiger partial charge in [0.2, 0.25) is 0 Å². The molecule has 1 aromatic carbocycles. The first-order chi connectivity index (χ1) is 6.15. The summed E-state index contributed by atoms with van der Waals surface area (Å²) in [6.07, 6.45) is 2.90. The summed E-state index contributed by atoms with van der Waals surface area (Å²) in [5, 5.41) is 27.4. The van der Waals surface area contributed by atoms with Crippen LogP contribution in [0.1, 0.15) is 5.56 Å². The molecule has 0 amide bonds. The molecule has 0 atom stereocenters. The molecular formula is C9H8O4. The maximum atomic E-state index is 9.97. The van der Waals surface area contributed by atoms with Gasteiger partial charge in [0.15, 0.2) is 0 Å². The number of aromatic hydroxyl groups is 3. The zero-order valence-corrected chi connectivity index (χ0v) is 6.64. The molecule has 3 N–H and O–H groups in total. The number of carbonyl (C=O) groups excluding carboxylic acids is 1. The second-order valence-corrected chi connectivity index (χ2v) is 2.39. The number of hydrogen-bond acceptors (Lipinski definition) is 4. The molecule has 0 unspecified atom stereocenters. The quantitative estimate of drug-likeness (QED) is 0.469. The second kappa shape index (κ2) is 3.62. The number of carbonyl (C=O) groups is 1. The van der Waals surface area contributed by atoms with E-state index in [1.807, 2.05) is 0 Å². The molecule has 1 rings (SSSR count). The zero-order valence-electron chi connectivity index (χ0n) is 6.64. The van der Waals surface area contributed by atoms with Gasteiger partial charge in [-0.3, -0.25) is 4.79 Å². The predicted molar refractivity (Wildman–Crippen MR) is 46.5 cm³/mol. The van der Waals surface area contributed by atoms with Gasteiger partial charge < -0.3 is 15.3 Å². The van der Waals surface area contributed by atoms with E-state index in [1.165, 1.54) is 6.08 Å². The smallest absolute Gasteiger partial charge is 0.142 e. The molecule has 68 valence electrons. The second-order valence-electron chi connectivity index (χ2n) is 2.39. The first-order valence-electron chi connectivity index (χ1n) is 3.52. The van der Waals surface area contributed by atoms with Crippen molar-refractivity contribution in [2.24, 2.45) is 0 Å². The summed E-state index contributed by atoms with van der Waals surface area (Å²) < 4.78 is 0. The third-order valence-corrected chi connectivity index (χ3v) is 1.46. The van der Waals surface area contributed by atoms with Crippen LogP contribution in [0, 0.1) is 0 Å². The van der Waals surface area contributed by atoms with Gasteiger partial charge in [0.1, 0.15) is 23.5 Å². The van der Waals surface area contributed by atoms with E-state index >= 15 is 0 Å². The molecule has 0 spiro atoms. The van der Waals surface area contributed by atoms with Crippen molar-refractivity contribution < 1.29 is 20.1 Å². The molecule has 0 bridgehead atoms. The first-order valence-corrected chi connectivity index (χ1v) is 3.52. The van der Waals surface area contributed by atoms with Gasteiger partial charge in [0.25, 0.3) is 0 Å². The molecule has 0 heterocycles. The highest BCUT2D eigenvalue weighted by molar-refractivity contribution is 5.77. The lowest BCUT2D eigenvalue weighted by Gasteiger charge is -2.02. The molecule has 4 nitrogen and oxygen atoms in total. The Morgan fingerprint density at radius 2 is 1.62 bits per heavy atom. The van der Waals surface area contributed by atoms with Crippen molar-refractivity contribution in [1.29, 1.82) is 0 Å². The van der Waals surface area contributed by atoms with Gasteiger partial charge in [-0.05, 0) is 12.2 Å². The number of aldehydes is 1. The van der Waals surface area contributed by atoms with E-state index in [0.717, 1.165) is 18.2 Å². The standard InChI is InChI=1S/C9H8O4/c10-3-1-2-7-8(12)4-6(11)5-9(7)13/h1-5,11-13H/b2-1+. The van der Waals surface area contributed by atoms with Gasteiger partial charge in [0, 0.05) is 12.1 Å². The number of phenols is 3. The van der Waals surface area contributed by atoms with Crippen molar-refractivity contribution in [2.45, 2.75) is 0 Å². The summed E-state index contributed by atoms with van der Waals surface area (Å²) in [6.45, 7) is 0. The fourth-order valence-electron chi connectivity index (χ4n) is 0.915. The predicted octanol–water partition coefficient (Wildman–Crippen LogP) is 1.02. The lowest BCUT2D eigenvalue weighted by molar-refractivity contribution is -0.104. The van der Waals surface area contributed by atoms with Gasteiger partial charge in [-0.2, -0.15) is 0 Å². The molecule has 1 aromatic rings. The summed E-state index contributed by atoms with van der Waals surface area (Å²) >= 11 is 0. The first kappa shape index (κ1) is 9.12. The van der Waals surface area contributed by atoms with Gasteiger partial charge in [-0.15, -0.1) is 0 Å². The van der Waals surface area contributed by atoms with Crippen molar-refractivity contribution in [3.63, 3.8) is 0 Å². The van der Waals surface area contributed by atoms with Gasteiger partial charge in [-0.1, -0.05) is 0 Å². The fraction of sp³-hybridized carbons (Fsp3) is 0. The summed E-state index contributed by atoms with van der Waals surface area (Å²) in [5.41, 5.74) is 0.102. The zero-order chi connectivity index (χ0) is 9.84. The number of rotatable bonds is 2. The minimum Gasteiger partial charge on any atom is -0.508 e. The van der Waals surface area contributed by atoms with Crippen molar-refractivity contribution >= 4 is 12.4 Å². The van der Waals surface area contributed by atoms with E-state index in [-0.39, 0.29) is 22.8 Å². The topological polar surface area (TPSA) is 77.8 Å². The summed E-state index contributed by atoms with van der Waals surface area (Å²) in [4.78, 5) is 9.97. The lowest BCUT2D eigenvalue weighted by atomic mass is 10.1. The fourth-order valence-corrected chi connectivity index (χ4v) is 0.915. The highest BCUT2D eigenvalue weighted by Gasteiger charge is 2.05. The van der Waals surface area contributed by atoms with Crippen LogP contribution < -0.4 is 0 Å². The van der Waals surface area contributed by atoms with Gasteiger partial charge in [0.05, 0.1) is 5.56 Å². The molecule has 0 saturated carbocycles. The molecular weight excluding hydrogens is 172 g/mol. The summed E-state index contributed by atoms with van der Waals surface area (Å²) in [6, 6.07) is 2.15. The van der Waals surface area contributed by atoms with Crippen molar-refractivity contribution in [3.8, 4) is 17.2 Å². The third kappa shape index (κ3) is 1.99. The summed E-state index contributed by atoms with van der Waals surface area (Å²) in [5.74, 6) is -0.801.